The molecule has 0 aliphatic carbocycles. The van der Waals surface area contributed by atoms with E-state index in [9.17, 15) is 23.3 Å². The van der Waals surface area contributed by atoms with Crippen molar-refractivity contribution in [3.8, 4) is 0 Å². The van der Waals surface area contributed by atoms with Gasteiger partial charge in [0.15, 0.2) is 0 Å². The Labute approximate surface area is 175 Å². The Kier molecular flexibility index (Phi) is 6.63. The minimum atomic E-state index is -3.61. The van der Waals surface area contributed by atoms with Crippen molar-refractivity contribution < 1.29 is 18.1 Å². The molecule has 0 unspecified atom stereocenters. The number of amides is 1. The molecule has 9 heteroatoms. The zero-order chi connectivity index (χ0) is 21.7. The van der Waals surface area contributed by atoms with Crippen LogP contribution in [0.25, 0.3) is 6.08 Å². The highest BCUT2D eigenvalue weighted by molar-refractivity contribution is 7.89. The first kappa shape index (κ1) is 21.7. The number of anilines is 1. The fourth-order valence-corrected chi connectivity index (χ4v) is 4.78. The Balaban J connectivity index is 1.76. The van der Waals surface area contributed by atoms with Crippen LogP contribution in [0.15, 0.2) is 53.4 Å². The summed E-state index contributed by atoms with van der Waals surface area (Å²) in [6.45, 7) is 2.78. The number of nitrogens with zero attached hydrogens (tertiary/aromatic N) is 2. The zero-order valence-corrected chi connectivity index (χ0v) is 17.4. The van der Waals surface area contributed by atoms with Gasteiger partial charge in [-0.25, -0.2) is 8.42 Å². The molecule has 1 N–H and O–H groups in total. The van der Waals surface area contributed by atoms with Gasteiger partial charge in [-0.3, -0.25) is 14.9 Å². The van der Waals surface area contributed by atoms with Gasteiger partial charge in [-0.15, -0.1) is 0 Å². The highest BCUT2D eigenvalue weighted by Gasteiger charge is 2.26. The highest BCUT2D eigenvalue weighted by Crippen LogP contribution is 2.25. The summed E-state index contributed by atoms with van der Waals surface area (Å²) in [5.41, 5.74) is 1.58. The fraction of sp³-hybridized carbons (Fsp3) is 0.286. The first-order chi connectivity index (χ1) is 14.3. The van der Waals surface area contributed by atoms with Crippen LogP contribution in [0, 0.1) is 17.0 Å². The third kappa shape index (κ3) is 5.11. The van der Waals surface area contributed by atoms with Gasteiger partial charge in [0.25, 0.3) is 5.69 Å². The van der Waals surface area contributed by atoms with E-state index in [1.165, 1.54) is 40.7 Å². The molecule has 1 aliphatic heterocycles. The van der Waals surface area contributed by atoms with Crippen molar-refractivity contribution in [2.24, 2.45) is 0 Å². The van der Waals surface area contributed by atoms with Gasteiger partial charge in [0.2, 0.25) is 15.9 Å². The number of nitro benzene ring substituents is 1. The Morgan fingerprint density at radius 2 is 1.87 bits per heavy atom. The molecule has 8 nitrogen and oxygen atoms in total. The lowest BCUT2D eigenvalue weighted by molar-refractivity contribution is -0.384. The third-order valence-electron chi connectivity index (χ3n) is 4.93. The first-order valence-electron chi connectivity index (χ1n) is 9.62. The number of hydrogen-bond acceptors (Lipinski definition) is 5. The predicted octanol–water partition coefficient (Wildman–Crippen LogP) is 3.73. The van der Waals surface area contributed by atoms with Crippen LogP contribution in [0.2, 0.25) is 0 Å². The molecule has 158 valence electrons. The molecule has 0 bridgehead atoms. The number of non-ortho nitro benzene ring substituents is 1. The van der Waals surface area contributed by atoms with Crippen LogP contribution in [0.5, 0.6) is 0 Å². The third-order valence-corrected chi connectivity index (χ3v) is 6.82. The van der Waals surface area contributed by atoms with E-state index >= 15 is 0 Å². The molecule has 1 amide bonds. The molecule has 0 spiro atoms. The lowest BCUT2D eigenvalue weighted by Crippen LogP contribution is -2.35. The fourth-order valence-electron chi connectivity index (χ4n) is 3.24. The van der Waals surface area contributed by atoms with E-state index < -0.39 is 20.9 Å². The molecule has 30 heavy (non-hydrogen) atoms. The molecule has 1 saturated heterocycles. The monoisotopic (exact) mass is 429 g/mol. The summed E-state index contributed by atoms with van der Waals surface area (Å²) in [6, 6.07) is 10.6. The SMILES string of the molecule is Cc1ccc(S(=O)(=O)N2CCCCC2)cc1NC(=O)/C=C/c1cccc([N+](=O)[O-])c1. The van der Waals surface area contributed by atoms with Crippen LogP contribution in [-0.4, -0.2) is 36.6 Å². The second-order valence-corrected chi connectivity index (χ2v) is 9.05. The van der Waals surface area contributed by atoms with Gasteiger partial charge in [-0.05, 0) is 49.1 Å². The maximum Gasteiger partial charge on any atom is 0.270 e. The lowest BCUT2D eigenvalue weighted by atomic mass is 10.2. The number of piperidine rings is 1. The Hall–Kier alpha value is -3.04. The van der Waals surface area contributed by atoms with E-state index in [-0.39, 0.29) is 10.6 Å². The van der Waals surface area contributed by atoms with Gasteiger partial charge in [-0.2, -0.15) is 4.31 Å². The molecule has 0 aromatic heterocycles. The number of nitro groups is 1. The number of carbonyl (C=O) groups is 1. The van der Waals surface area contributed by atoms with Crippen LogP contribution < -0.4 is 5.32 Å². The average molecular weight is 429 g/mol. The second-order valence-electron chi connectivity index (χ2n) is 7.12. The smallest absolute Gasteiger partial charge is 0.270 e. The Morgan fingerprint density at radius 1 is 1.13 bits per heavy atom. The normalized spacial score (nSPS) is 15.2. The largest absolute Gasteiger partial charge is 0.322 e. The maximum atomic E-state index is 12.9. The van der Waals surface area contributed by atoms with Gasteiger partial charge in [0.05, 0.1) is 9.82 Å². The van der Waals surface area contributed by atoms with Crippen LogP contribution in [0.4, 0.5) is 11.4 Å². The highest BCUT2D eigenvalue weighted by atomic mass is 32.2. The molecule has 0 atom stereocenters. The van der Waals surface area contributed by atoms with Gasteiger partial charge >= 0.3 is 0 Å². The molecule has 0 saturated carbocycles. The summed E-state index contributed by atoms with van der Waals surface area (Å²) < 4.78 is 27.2. The lowest BCUT2D eigenvalue weighted by Gasteiger charge is -2.26. The van der Waals surface area contributed by atoms with Gasteiger partial charge in [0, 0.05) is 37.0 Å². The number of rotatable bonds is 6. The molecule has 0 radical (unpaired) electrons. The summed E-state index contributed by atoms with van der Waals surface area (Å²) in [5.74, 6) is -0.461. The van der Waals surface area contributed by atoms with Crippen molar-refractivity contribution >= 4 is 33.4 Å². The average Bonchev–Trinajstić information content (AvgIpc) is 2.74. The molecule has 3 rings (SSSR count). The number of benzene rings is 2. The van der Waals surface area contributed by atoms with Crippen molar-refractivity contribution in [1.82, 2.24) is 4.31 Å². The minimum Gasteiger partial charge on any atom is -0.322 e. The number of aryl methyl sites for hydroxylation is 1. The number of carbonyl (C=O) groups excluding carboxylic acids is 1. The zero-order valence-electron chi connectivity index (χ0n) is 16.6. The van der Waals surface area contributed by atoms with Crippen LogP contribution >= 0.6 is 0 Å². The number of hydrogen-bond donors (Lipinski definition) is 1. The summed E-state index contributed by atoms with van der Waals surface area (Å²) in [5, 5.41) is 13.5. The van der Waals surface area contributed by atoms with Gasteiger partial charge < -0.3 is 5.32 Å². The molecular weight excluding hydrogens is 406 g/mol. The van der Waals surface area contributed by atoms with Crippen molar-refractivity contribution in [3.05, 3.63) is 69.8 Å². The molecular formula is C21H23N3O5S. The van der Waals surface area contributed by atoms with E-state index in [4.69, 9.17) is 0 Å². The summed E-state index contributed by atoms with van der Waals surface area (Å²) in [7, 11) is -3.61. The minimum absolute atomic E-state index is 0.0657. The van der Waals surface area contributed by atoms with E-state index in [0.717, 1.165) is 24.8 Å². The van der Waals surface area contributed by atoms with Crippen molar-refractivity contribution in [3.63, 3.8) is 0 Å². The molecule has 2 aromatic rings. The van der Waals surface area contributed by atoms with Gasteiger partial charge in [-0.1, -0.05) is 24.6 Å². The predicted molar refractivity (Wildman–Crippen MR) is 115 cm³/mol. The Morgan fingerprint density at radius 3 is 2.57 bits per heavy atom. The van der Waals surface area contributed by atoms with Crippen molar-refractivity contribution in [2.45, 2.75) is 31.1 Å². The number of nitrogens with one attached hydrogen (secondary N) is 1. The molecule has 1 heterocycles. The van der Waals surface area contributed by atoms with E-state index in [0.29, 0.717) is 24.3 Å². The van der Waals surface area contributed by atoms with Crippen molar-refractivity contribution in [1.29, 1.82) is 0 Å². The molecule has 1 aliphatic rings. The standard InChI is InChI=1S/C21H23N3O5S/c1-16-8-10-19(30(28,29)23-12-3-2-4-13-23)15-20(16)22-21(25)11-9-17-6-5-7-18(14-17)24(26)27/h5-11,14-15H,2-4,12-13H2,1H3,(H,22,25)/b11-9+. The van der Waals surface area contributed by atoms with E-state index in [1.54, 1.807) is 25.1 Å². The summed E-state index contributed by atoms with van der Waals surface area (Å²) in [4.78, 5) is 22.8. The molecule has 1 fully saturated rings. The molecule has 2 aromatic carbocycles. The quantitative estimate of drug-likeness (QED) is 0.427. The van der Waals surface area contributed by atoms with E-state index in [2.05, 4.69) is 5.32 Å². The summed E-state index contributed by atoms with van der Waals surface area (Å²) >= 11 is 0. The van der Waals surface area contributed by atoms with E-state index in [1.807, 2.05) is 0 Å². The second kappa shape index (κ2) is 9.19. The Bertz CT molecular complexity index is 1090. The van der Waals surface area contributed by atoms with Crippen LogP contribution in [0.3, 0.4) is 0 Å². The van der Waals surface area contributed by atoms with Crippen LogP contribution in [-0.2, 0) is 14.8 Å². The first-order valence-corrected chi connectivity index (χ1v) is 11.1. The van der Waals surface area contributed by atoms with Crippen LogP contribution in [0.1, 0.15) is 30.4 Å². The topological polar surface area (TPSA) is 110 Å². The summed E-state index contributed by atoms with van der Waals surface area (Å²) in [6.07, 6.45) is 5.43. The van der Waals surface area contributed by atoms with Gasteiger partial charge in [0.1, 0.15) is 0 Å². The number of sulfonamides is 1. The van der Waals surface area contributed by atoms with Crippen molar-refractivity contribution in [2.75, 3.05) is 18.4 Å². The maximum absolute atomic E-state index is 12.9.